The number of carbonyl (C=O) groups is 4. The van der Waals surface area contributed by atoms with Gasteiger partial charge in [0.2, 0.25) is 11.7 Å². The molecule has 4 rings (SSSR count). The number of Topliss-reactive ketones (excluding diaryl/α,β-unsaturated/α-hetero) is 1. The van der Waals surface area contributed by atoms with Crippen LogP contribution in [0.15, 0.2) is 23.8 Å². The molecule has 4 aliphatic rings. The van der Waals surface area contributed by atoms with Gasteiger partial charge >= 0.3 is 5.97 Å². The molecule has 0 aliphatic heterocycles. The van der Waals surface area contributed by atoms with Crippen LogP contribution in [0.5, 0.6) is 0 Å². The van der Waals surface area contributed by atoms with Crippen molar-refractivity contribution in [2.24, 2.45) is 28.6 Å². The van der Waals surface area contributed by atoms with E-state index in [0.29, 0.717) is 12.8 Å². The van der Waals surface area contributed by atoms with Gasteiger partial charge in [0, 0.05) is 23.7 Å². The Hall–Kier alpha value is -2.83. The molecule has 0 aromatic carbocycles. The average Bonchev–Trinajstić information content (AvgIpc) is 3.11. The van der Waals surface area contributed by atoms with Crippen LogP contribution in [0.1, 0.15) is 59.3 Å². The molecule has 0 saturated heterocycles. The second kappa shape index (κ2) is 11.1. The molecular weight excluding hydrogens is 560 g/mol. The number of alkyl halides is 1. The van der Waals surface area contributed by atoms with Crippen LogP contribution >= 0.6 is 11.6 Å². The lowest BCUT2D eigenvalue weighted by atomic mass is 9.46. The largest absolute Gasteiger partial charge is 0.456 e. The number of rotatable bonds is 10. The van der Waals surface area contributed by atoms with Crippen molar-refractivity contribution in [1.82, 2.24) is 5.32 Å². The zero-order chi connectivity index (χ0) is 30.4. The van der Waals surface area contributed by atoms with Crippen molar-refractivity contribution < 1.29 is 44.1 Å². The summed E-state index contributed by atoms with van der Waals surface area (Å²) in [6.45, 7) is 3.98. The summed E-state index contributed by atoms with van der Waals surface area (Å²) in [4.78, 5) is 62.8. The van der Waals surface area contributed by atoms with Crippen LogP contribution in [-0.2, 0) is 28.8 Å². The van der Waals surface area contributed by atoms with E-state index in [-0.39, 0.29) is 49.9 Å². The normalized spacial score (nSPS) is 39.1. The molecule has 2 saturated carbocycles. The maximum absolute atomic E-state index is 13.5. The Kier molecular flexibility index (Phi) is 8.43. The fourth-order valence-corrected chi connectivity index (χ4v) is 8.49. The van der Waals surface area contributed by atoms with E-state index in [9.17, 15) is 39.5 Å². The molecule has 0 unspecified atom stereocenters. The minimum atomic E-state index is -1.90. The first-order chi connectivity index (χ1) is 19.1. The zero-order valence-corrected chi connectivity index (χ0v) is 24.1. The van der Waals surface area contributed by atoms with Gasteiger partial charge in [-0.2, -0.15) is 0 Å². The summed E-state index contributed by atoms with van der Waals surface area (Å²) in [6, 6.07) is 0. The number of hydrogen-bond donors (Lipinski definition) is 3. The first-order valence-electron chi connectivity index (χ1n) is 13.8. The molecule has 0 aromatic rings. The summed E-state index contributed by atoms with van der Waals surface area (Å²) >= 11 is 7.40. The van der Waals surface area contributed by atoms with E-state index in [1.807, 2.05) is 13.0 Å². The van der Waals surface area contributed by atoms with Crippen molar-refractivity contribution in [3.63, 3.8) is 0 Å². The van der Waals surface area contributed by atoms with Crippen LogP contribution in [-0.4, -0.2) is 75.1 Å². The van der Waals surface area contributed by atoms with Crippen LogP contribution in [0.3, 0.4) is 0 Å². The quantitative estimate of drug-likeness (QED) is 0.0839. The lowest BCUT2D eigenvalue weighted by Crippen LogP contribution is -2.68. The van der Waals surface area contributed by atoms with Crippen LogP contribution in [0.2, 0.25) is 0 Å². The van der Waals surface area contributed by atoms with E-state index >= 15 is 0 Å². The maximum atomic E-state index is 13.5. The van der Waals surface area contributed by atoms with Crippen molar-refractivity contribution in [2.75, 3.05) is 19.8 Å². The highest BCUT2D eigenvalue weighted by molar-refractivity contribution is 6.26. The molecule has 4 aliphatic carbocycles. The summed E-state index contributed by atoms with van der Waals surface area (Å²) in [5, 5.41) is 35.1. The summed E-state index contributed by atoms with van der Waals surface area (Å²) in [5.41, 5.74) is -2.85. The fraction of sp³-hybridized carbons (Fsp3) is 0.714. The van der Waals surface area contributed by atoms with E-state index in [1.54, 1.807) is 19.9 Å². The van der Waals surface area contributed by atoms with Crippen molar-refractivity contribution in [3.8, 4) is 0 Å². The number of aliphatic hydroxyl groups is 2. The number of hydrogen-bond acceptors (Lipinski definition) is 10. The molecule has 0 spiro atoms. The van der Waals surface area contributed by atoms with Gasteiger partial charge in [-0.25, -0.2) is 0 Å². The van der Waals surface area contributed by atoms with E-state index in [0.717, 1.165) is 5.57 Å². The van der Waals surface area contributed by atoms with Gasteiger partial charge in [-0.1, -0.05) is 38.5 Å². The van der Waals surface area contributed by atoms with Gasteiger partial charge in [-0.3, -0.25) is 19.2 Å². The Labute approximate surface area is 242 Å². The van der Waals surface area contributed by atoms with E-state index in [4.69, 9.17) is 16.3 Å². The Morgan fingerprint density at radius 2 is 1.98 bits per heavy atom. The number of amides is 1. The predicted octanol–water partition coefficient (Wildman–Crippen LogP) is 1.82. The van der Waals surface area contributed by atoms with E-state index in [2.05, 4.69) is 10.2 Å². The zero-order valence-electron chi connectivity index (χ0n) is 23.4. The van der Waals surface area contributed by atoms with Crippen LogP contribution < -0.4 is 5.32 Å². The average molecular weight is 597 g/mol. The number of ether oxygens (including phenoxy) is 1. The molecule has 1 amide bonds. The molecule has 0 radical (unpaired) electrons. The molecule has 0 heterocycles. The third-order valence-electron chi connectivity index (χ3n) is 10.1. The topological polar surface area (TPSA) is 182 Å². The second-order valence-electron chi connectivity index (χ2n) is 12.2. The Bertz CT molecular complexity index is 1200. The van der Waals surface area contributed by atoms with Gasteiger partial charge < -0.3 is 25.1 Å². The number of allylic oxidation sites excluding steroid dienone is 4. The number of nitrogens with one attached hydrogen (secondary N) is 1. The summed E-state index contributed by atoms with van der Waals surface area (Å²) < 4.78 is 5.10. The van der Waals surface area contributed by atoms with E-state index in [1.165, 1.54) is 6.08 Å². The molecule has 0 bridgehead atoms. The number of carbonyl (C=O) groups excluding carboxylic acids is 4. The molecule has 2 fully saturated rings. The Morgan fingerprint density at radius 1 is 1.27 bits per heavy atom. The molecule has 8 atom stereocenters. The molecular formula is C28H37ClN2O10. The summed E-state index contributed by atoms with van der Waals surface area (Å²) in [7, 11) is 0. The summed E-state index contributed by atoms with van der Waals surface area (Å²) in [6.07, 6.45) is 5.43. The lowest BCUT2D eigenvalue weighted by Gasteiger charge is -2.63. The standard InChI is InChI=1S/C28H37ClN2O10/c1-16-11-20-19-7-6-17-12-18(32)8-9-25(17,2)27(19,29)21(33)13-26(20,3)28(16,37)22(34)15-40-24(36)14-30-23(35)5-4-10-41-31(38)39/h6,8-9,16,19-21,33,37H,4-5,7,10-15H2,1-3H3,(H,30,35)/t16-,19-,20-,21-,25-,26-,27-,28-/m0/s1. The highest BCUT2D eigenvalue weighted by atomic mass is 35.5. The molecule has 3 N–H and O–H groups in total. The van der Waals surface area contributed by atoms with Gasteiger partial charge in [0.1, 0.15) is 12.1 Å². The van der Waals surface area contributed by atoms with Gasteiger partial charge in [0.05, 0.1) is 17.6 Å². The highest BCUT2D eigenvalue weighted by Gasteiger charge is 2.74. The second-order valence-corrected chi connectivity index (χ2v) is 12.8. The number of halogens is 1. The first kappa shape index (κ1) is 31.1. The van der Waals surface area contributed by atoms with Crippen LogP contribution in [0.25, 0.3) is 0 Å². The number of ketones is 2. The van der Waals surface area contributed by atoms with Crippen molar-refractivity contribution in [2.45, 2.75) is 75.9 Å². The predicted molar refractivity (Wildman–Crippen MR) is 144 cm³/mol. The summed E-state index contributed by atoms with van der Waals surface area (Å²) in [5.74, 6) is -3.18. The Balaban J connectivity index is 1.43. The minimum Gasteiger partial charge on any atom is -0.456 e. The van der Waals surface area contributed by atoms with Crippen molar-refractivity contribution in [1.29, 1.82) is 0 Å². The van der Waals surface area contributed by atoms with Gasteiger partial charge in [-0.15, -0.1) is 21.7 Å². The number of esters is 1. The molecule has 12 nitrogen and oxygen atoms in total. The minimum absolute atomic E-state index is 0.0200. The molecule has 41 heavy (non-hydrogen) atoms. The third kappa shape index (κ3) is 4.97. The van der Waals surface area contributed by atoms with Gasteiger partial charge in [0.15, 0.2) is 12.4 Å². The smallest absolute Gasteiger partial charge is 0.325 e. The molecule has 0 aromatic heterocycles. The molecule has 226 valence electrons. The SMILES string of the molecule is C[C@H]1C[C@H]2[C@@H]3CC=C4CC(=O)C=C[C@]4(C)[C@@]3(Cl)[C@@H](O)C[C@]2(C)[C@@]1(O)C(=O)COC(=O)CNC(=O)CCCO[N+](=O)[O-]. The van der Waals surface area contributed by atoms with E-state index < -0.39 is 69.2 Å². The van der Waals surface area contributed by atoms with Gasteiger partial charge in [-0.05, 0) is 49.5 Å². The van der Waals surface area contributed by atoms with Gasteiger partial charge in [0.25, 0.3) is 5.09 Å². The molecule has 13 heteroatoms. The number of aliphatic hydroxyl groups excluding tert-OH is 1. The first-order valence-corrected chi connectivity index (χ1v) is 14.2. The number of nitrogens with zero attached hydrogens (tertiary/aromatic N) is 1. The highest BCUT2D eigenvalue weighted by Crippen LogP contribution is 2.70. The monoisotopic (exact) mass is 596 g/mol. The maximum Gasteiger partial charge on any atom is 0.325 e. The number of fused-ring (bicyclic) bond motifs is 5. The third-order valence-corrected chi connectivity index (χ3v) is 11.1. The van der Waals surface area contributed by atoms with Crippen molar-refractivity contribution >= 4 is 35.0 Å². The van der Waals surface area contributed by atoms with Crippen LogP contribution in [0.4, 0.5) is 0 Å². The lowest BCUT2D eigenvalue weighted by molar-refractivity contribution is -0.757. The van der Waals surface area contributed by atoms with Crippen LogP contribution in [0, 0.1) is 38.7 Å². The Morgan fingerprint density at radius 3 is 2.66 bits per heavy atom. The fourth-order valence-electron chi connectivity index (χ4n) is 7.98. The van der Waals surface area contributed by atoms with Crippen molar-refractivity contribution in [3.05, 3.63) is 33.9 Å².